The Morgan fingerprint density at radius 1 is 1.16 bits per heavy atom. The lowest BCUT2D eigenvalue weighted by Gasteiger charge is -2.32. The van der Waals surface area contributed by atoms with E-state index in [1.54, 1.807) is 18.7 Å². The van der Waals surface area contributed by atoms with Crippen molar-refractivity contribution in [3.8, 4) is 0 Å². The second-order valence-corrected chi connectivity index (χ2v) is 11.6. The molecule has 1 amide bonds. The van der Waals surface area contributed by atoms with Gasteiger partial charge in [-0.3, -0.25) is 14.5 Å². The first kappa shape index (κ1) is 26.4. The molecule has 2 aliphatic rings. The average molecular weight is 536 g/mol. The van der Waals surface area contributed by atoms with Gasteiger partial charge in [0.2, 0.25) is 0 Å². The molecule has 2 aromatic heterocycles. The molecule has 4 heterocycles. The molecule has 0 spiro atoms. The van der Waals surface area contributed by atoms with E-state index < -0.39 is 0 Å². The minimum absolute atomic E-state index is 0.112. The second-order valence-electron chi connectivity index (χ2n) is 10.5. The number of carbonyl (C=O) groups excluding carboxylic acids is 1. The van der Waals surface area contributed by atoms with Gasteiger partial charge in [0.25, 0.3) is 11.5 Å². The summed E-state index contributed by atoms with van der Waals surface area (Å²) in [6.07, 6.45) is 4.18. The fraction of sp³-hybridized carbons (Fsp3) is 0.429. The molecule has 9 nitrogen and oxygen atoms in total. The fourth-order valence-electron chi connectivity index (χ4n) is 5.34. The Kier molecular flexibility index (Phi) is 7.30. The molecule has 3 aromatic rings. The van der Waals surface area contributed by atoms with E-state index in [0.29, 0.717) is 16.8 Å². The summed E-state index contributed by atoms with van der Waals surface area (Å²) in [6.45, 7) is 14.1. The van der Waals surface area contributed by atoms with Crippen molar-refractivity contribution in [1.29, 1.82) is 0 Å². The third-order valence-electron chi connectivity index (χ3n) is 7.47. The van der Waals surface area contributed by atoms with Gasteiger partial charge in [-0.15, -0.1) is 0 Å². The quantitative estimate of drug-likeness (QED) is 0.360. The maximum absolute atomic E-state index is 13.7. The van der Waals surface area contributed by atoms with Gasteiger partial charge in [-0.1, -0.05) is 11.8 Å². The van der Waals surface area contributed by atoms with Crippen LogP contribution in [0.5, 0.6) is 0 Å². The summed E-state index contributed by atoms with van der Waals surface area (Å²) < 4.78 is 3.36. The van der Waals surface area contributed by atoms with Gasteiger partial charge in [0, 0.05) is 83.8 Å². The molecule has 38 heavy (non-hydrogen) atoms. The summed E-state index contributed by atoms with van der Waals surface area (Å²) in [5.74, 6) is 5.71. The van der Waals surface area contributed by atoms with Crippen molar-refractivity contribution in [3.63, 3.8) is 0 Å². The van der Waals surface area contributed by atoms with Crippen LogP contribution in [0.25, 0.3) is 15.8 Å². The first-order valence-corrected chi connectivity index (χ1v) is 14.0. The molecule has 1 atom stereocenters. The van der Waals surface area contributed by atoms with E-state index >= 15 is 0 Å². The first-order chi connectivity index (χ1) is 18.2. The third kappa shape index (κ3) is 4.83. The number of nitrogens with two attached hydrogens (primary N) is 1. The van der Waals surface area contributed by atoms with Crippen LogP contribution < -0.4 is 27.4 Å². The number of hydrogen-bond donors (Lipinski definition) is 4. The molecular weight excluding hydrogens is 498 g/mol. The van der Waals surface area contributed by atoms with Crippen LogP contribution in [0.3, 0.4) is 0 Å². The predicted molar refractivity (Wildman–Crippen MR) is 155 cm³/mol. The maximum Gasteiger partial charge on any atom is 0.274 e. The van der Waals surface area contributed by atoms with Crippen molar-refractivity contribution in [3.05, 3.63) is 74.5 Å². The number of benzene rings is 1. The van der Waals surface area contributed by atoms with Crippen molar-refractivity contribution in [2.45, 2.75) is 52.7 Å². The van der Waals surface area contributed by atoms with Gasteiger partial charge in [-0.2, -0.15) is 0 Å². The number of nitrogens with zero attached hydrogens (tertiary/aromatic N) is 3. The number of hydrogen-bond acceptors (Lipinski definition) is 7. The zero-order valence-electron chi connectivity index (χ0n) is 22.7. The van der Waals surface area contributed by atoms with E-state index in [4.69, 9.17) is 5.84 Å². The normalized spacial score (nSPS) is 18.2. The van der Waals surface area contributed by atoms with Crippen LogP contribution >= 0.6 is 11.8 Å². The van der Waals surface area contributed by atoms with Gasteiger partial charge in [0.1, 0.15) is 5.50 Å². The van der Waals surface area contributed by atoms with Gasteiger partial charge >= 0.3 is 0 Å². The van der Waals surface area contributed by atoms with E-state index in [1.165, 1.54) is 0 Å². The molecule has 1 fully saturated rings. The topological polar surface area (TPSA) is 109 Å². The van der Waals surface area contributed by atoms with Crippen molar-refractivity contribution in [1.82, 2.24) is 30.1 Å². The van der Waals surface area contributed by atoms with Gasteiger partial charge < -0.3 is 26.4 Å². The molecule has 1 unspecified atom stereocenters. The molecule has 1 saturated heterocycles. The van der Waals surface area contributed by atoms with Gasteiger partial charge in [0.05, 0.1) is 0 Å². The number of fused-ring (bicyclic) bond motifs is 1. The zero-order chi connectivity index (χ0) is 27.1. The van der Waals surface area contributed by atoms with E-state index in [-0.39, 0.29) is 29.6 Å². The highest BCUT2D eigenvalue weighted by atomic mass is 32.2. The summed E-state index contributed by atoms with van der Waals surface area (Å²) in [5, 5.41) is 10.9. The molecule has 1 aromatic carbocycles. The molecule has 202 valence electrons. The largest absolute Gasteiger partial charge is 0.366 e. The highest BCUT2D eigenvalue weighted by molar-refractivity contribution is 8.09. The monoisotopic (exact) mass is 535 g/mol. The molecule has 0 saturated carbocycles. The molecule has 0 aliphatic carbocycles. The average Bonchev–Trinajstić information content (AvgIpc) is 3.52. The number of aryl methyl sites for hydroxylation is 3. The Hall–Kier alpha value is -3.21. The van der Waals surface area contributed by atoms with Crippen LogP contribution in [0, 0.1) is 20.8 Å². The predicted octanol–water partition coefficient (Wildman–Crippen LogP) is 2.78. The summed E-state index contributed by atoms with van der Waals surface area (Å²) in [4.78, 5) is 30.0. The highest BCUT2D eigenvalue weighted by Crippen LogP contribution is 2.39. The lowest BCUT2D eigenvalue weighted by atomic mass is 10.0. The van der Waals surface area contributed by atoms with Crippen LogP contribution in [0.15, 0.2) is 35.4 Å². The molecule has 0 bridgehead atoms. The van der Waals surface area contributed by atoms with Gasteiger partial charge in [-0.25, -0.2) is 4.68 Å². The van der Waals surface area contributed by atoms with Crippen LogP contribution in [0.1, 0.15) is 58.2 Å². The molecular formula is C28H37N7O2S. The fourth-order valence-corrected chi connectivity index (χ4v) is 6.47. The third-order valence-corrected chi connectivity index (χ3v) is 8.74. The Morgan fingerprint density at radius 3 is 2.61 bits per heavy atom. The van der Waals surface area contributed by atoms with Crippen LogP contribution in [0.4, 0.5) is 0 Å². The van der Waals surface area contributed by atoms with Crippen molar-refractivity contribution in [2.24, 2.45) is 0 Å². The number of pyridine rings is 1. The molecule has 10 heteroatoms. The molecule has 5 rings (SSSR count). The summed E-state index contributed by atoms with van der Waals surface area (Å²) in [6, 6.07) is 6.28. The van der Waals surface area contributed by atoms with Crippen LogP contribution in [0.2, 0.25) is 0 Å². The Labute approximate surface area is 227 Å². The number of thioether (sulfide) groups is 1. The van der Waals surface area contributed by atoms with E-state index in [2.05, 4.69) is 57.7 Å². The molecule has 0 radical (unpaired) electrons. The number of rotatable bonds is 6. The summed E-state index contributed by atoms with van der Waals surface area (Å²) in [7, 11) is 0. The first-order valence-electron chi connectivity index (χ1n) is 13.1. The number of nitrogens with one attached hydrogen (secondary N) is 3. The van der Waals surface area contributed by atoms with Crippen molar-refractivity contribution < 1.29 is 4.79 Å². The lowest BCUT2D eigenvalue weighted by Crippen LogP contribution is -2.50. The van der Waals surface area contributed by atoms with E-state index in [1.807, 2.05) is 26.0 Å². The Bertz CT molecular complexity index is 1480. The van der Waals surface area contributed by atoms with Crippen LogP contribution in [-0.2, 0) is 6.54 Å². The highest BCUT2D eigenvalue weighted by Gasteiger charge is 2.27. The minimum Gasteiger partial charge on any atom is -0.366 e. The standard InChI is InChI=1S/C28H37N7O2S/c1-16(2)34-15-18(4)25-21(26(36)31-13-22-17(3)10-19(5)35(29)27(22)37)11-20(12-23(25)34)24-14-32-28(38-24)33-8-6-30-7-9-33/h10-12,14-16,28,30,32H,6-9,13,29H2,1-5H3,(H,31,36). The van der Waals surface area contributed by atoms with Crippen molar-refractivity contribution >= 4 is 33.5 Å². The smallest absolute Gasteiger partial charge is 0.274 e. The number of nitrogen functional groups attached to an aromatic ring is 1. The minimum atomic E-state index is -0.290. The van der Waals surface area contributed by atoms with Crippen LogP contribution in [-0.4, -0.2) is 51.7 Å². The molecule has 2 aliphatic heterocycles. The Balaban J connectivity index is 1.49. The zero-order valence-corrected chi connectivity index (χ0v) is 23.5. The van der Waals surface area contributed by atoms with Gasteiger partial charge in [-0.05, 0) is 69.5 Å². The lowest BCUT2D eigenvalue weighted by molar-refractivity contribution is 0.0952. The van der Waals surface area contributed by atoms with Gasteiger partial charge in [0.15, 0.2) is 0 Å². The number of carbonyl (C=O) groups is 1. The summed E-state index contributed by atoms with van der Waals surface area (Å²) in [5.41, 5.74) is 5.57. The Morgan fingerprint density at radius 2 is 1.89 bits per heavy atom. The van der Waals surface area contributed by atoms with E-state index in [0.717, 1.165) is 63.4 Å². The summed E-state index contributed by atoms with van der Waals surface area (Å²) >= 11 is 1.79. The maximum atomic E-state index is 13.7. The number of piperazine rings is 1. The van der Waals surface area contributed by atoms with E-state index in [9.17, 15) is 9.59 Å². The molecule has 5 N–H and O–H groups in total. The second kappa shape index (κ2) is 10.5. The van der Waals surface area contributed by atoms with Crippen molar-refractivity contribution in [2.75, 3.05) is 32.0 Å². The SMILES string of the molecule is Cc1cc(C)n(N)c(=O)c1CNC(=O)c1cc(C2=CNC(N3CCNCC3)S2)cc2c1c(C)cn2C(C)C. The number of amides is 1. The number of aromatic nitrogens is 2.